The number of amides is 1. The summed E-state index contributed by atoms with van der Waals surface area (Å²) in [5.41, 5.74) is 0.794. The van der Waals surface area contributed by atoms with Crippen molar-refractivity contribution in [1.29, 1.82) is 0 Å². The number of rotatable bonds is 8. The minimum Gasteiger partial charge on any atom is -0.367 e. The largest absolute Gasteiger partial charge is 0.367 e. The van der Waals surface area contributed by atoms with Gasteiger partial charge >= 0.3 is 0 Å². The average Bonchev–Trinajstić information content (AvgIpc) is 2.89. The van der Waals surface area contributed by atoms with Crippen LogP contribution in [0.3, 0.4) is 0 Å². The number of nitrogens with zero attached hydrogens (tertiary/aromatic N) is 4. The van der Waals surface area contributed by atoms with E-state index in [1.165, 1.54) is 0 Å². The van der Waals surface area contributed by atoms with Crippen molar-refractivity contribution in [1.82, 2.24) is 25.1 Å². The maximum absolute atomic E-state index is 11.4. The average molecular weight is 350 g/mol. The molecule has 2 rings (SSSR count). The molecule has 1 amide bonds. The molecule has 2 N–H and O–H groups in total. The maximum atomic E-state index is 11.4. The molecule has 2 aromatic heterocycles. The number of carbonyl (C=O) groups is 1. The van der Waals surface area contributed by atoms with Crippen molar-refractivity contribution >= 4 is 34.5 Å². The van der Waals surface area contributed by atoms with Gasteiger partial charge in [0.2, 0.25) is 5.91 Å². The highest BCUT2D eigenvalue weighted by atomic mass is 32.2. The third kappa shape index (κ3) is 4.83. The second-order valence-corrected chi connectivity index (χ2v) is 7.67. The van der Waals surface area contributed by atoms with Crippen molar-refractivity contribution in [2.75, 3.05) is 11.9 Å². The van der Waals surface area contributed by atoms with E-state index < -0.39 is 0 Å². The Kier molecular flexibility index (Phi) is 6.42. The minimum absolute atomic E-state index is 0.0410. The van der Waals surface area contributed by atoms with Gasteiger partial charge in [-0.1, -0.05) is 32.5 Å². The molecule has 0 fully saturated rings. The fraction of sp³-hybridized carbons (Fsp3) is 0.625. The summed E-state index contributed by atoms with van der Waals surface area (Å²) in [6.45, 7) is 11.3. The summed E-state index contributed by atoms with van der Waals surface area (Å²) in [6, 6.07) is 0.271. The topological polar surface area (TPSA) is 84.7 Å². The number of fused-ring (bicyclic) bond motifs is 1. The van der Waals surface area contributed by atoms with E-state index in [2.05, 4.69) is 53.4 Å². The lowest BCUT2D eigenvalue weighted by atomic mass is 10.3. The third-order valence-electron chi connectivity index (χ3n) is 3.21. The van der Waals surface area contributed by atoms with E-state index in [9.17, 15) is 4.79 Å². The van der Waals surface area contributed by atoms with E-state index >= 15 is 0 Å². The van der Waals surface area contributed by atoms with E-state index in [4.69, 9.17) is 0 Å². The summed E-state index contributed by atoms with van der Waals surface area (Å²) in [4.78, 5) is 20.7. The van der Waals surface area contributed by atoms with Crippen LogP contribution in [0.4, 0.5) is 5.82 Å². The Morgan fingerprint density at radius 2 is 2.04 bits per heavy atom. The molecule has 0 unspecified atom stereocenters. The second kappa shape index (κ2) is 8.32. The van der Waals surface area contributed by atoms with Gasteiger partial charge in [-0.3, -0.25) is 4.79 Å². The first-order valence-corrected chi connectivity index (χ1v) is 9.22. The van der Waals surface area contributed by atoms with Crippen molar-refractivity contribution in [2.24, 2.45) is 0 Å². The SMILES string of the molecule is CCC(=O)NCCn1ncc2c(NC(C)C)nc(SC(C)C)nc21. The number of anilines is 1. The number of thioether (sulfide) groups is 1. The molecule has 0 saturated carbocycles. The van der Waals surface area contributed by atoms with Gasteiger partial charge in [0.1, 0.15) is 5.82 Å². The van der Waals surface area contributed by atoms with Gasteiger partial charge in [0.25, 0.3) is 0 Å². The Balaban J connectivity index is 2.30. The lowest BCUT2D eigenvalue weighted by Gasteiger charge is -2.12. The van der Waals surface area contributed by atoms with Gasteiger partial charge in [-0.2, -0.15) is 5.10 Å². The number of hydrogen-bond donors (Lipinski definition) is 2. The monoisotopic (exact) mass is 350 g/mol. The number of carbonyl (C=O) groups excluding carboxylic acids is 1. The van der Waals surface area contributed by atoms with Crippen LogP contribution in [0.1, 0.15) is 41.0 Å². The maximum Gasteiger partial charge on any atom is 0.219 e. The van der Waals surface area contributed by atoms with Gasteiger partial charge in [-0.15, -0.1) is 0 Å². The number of aromatic nitrogens is 4. The number of hydrogen-bond acceptors (Lipinski definition) is 6. The van der Waals surface area contributed by atoms with E-state index in [1.54, 1.807) is 18.0 Å². The first-order valence-electron chi connectivity index (χ1n) is 8.34. The van der Waals surface area contributed by atoms with Crippen molar-refractivity contribution in [2.45, 2.75) is 64.0 Å². The standard InChI is InChI=1S/C16H26N6OS/c1-6-13(23)17-7-8-22-15-12(9-18-22)14(19-10(2)3)20-16(21-15)24-11(4)5/h9-11H,6-8H2,1-5H3,(H,17,23)(H,19,20,21). The predicted octanol–water partition coefficient (Wildman–Crippen LogP) is 2.67. The Morgan fingerprint density at radius 3 is 2.67 bits per heavy atom. The Hall–Kier alpha value is -1.83. The van der Waals surface area contributed by atoms with Gasteiger partial charge in [0.15, 0.2) is 10.8 Å². The zero-order valence-electron chi connectivity index (χ0n) is 15.0. The molecule has 0 bridgehead atoms. The molecule has 0 radical (unpaired) electrons. The summed E-state index contributed by atoms with van der Waals surface area (Å²) in [6.07, 6.45) is 2.27. The lowest BCUT2D eigenvalue weighted by Crippen LogP contribution is -2.26. The van der Waals surface area contributed by atoms with Gasteiger partial charge in [0, 0.05) is 24.3 Å². The highest BCUT2D eigenvalue weighted by Gasteiger charge is 2.15. The Bertz CT molecular complexity index is 697. The summed E-state index contributed by atoms with van der Waals surface area (Å²) >= 11 is 1.63. The molecule has 0 aliphatic heterocycles. The van der Waals surface area contributed by atoms with Crippen LogP contribution in [0.5, 0.6) is 0 Å². The van der Waals surface area contributed by atoms with Crippen molar-refractivity contribution in [3.05, 3.63) is 6.20 Å². The highest BCUT2D eigenvalue weighted by Crippen LogP contribution is 2.26. The van der Waals surface area contributed by atoms with Gasteiger partial charge < -0.3 is 10.6 Å². The van der Waals surface area contributed by atoms with Gasteiger partial charge in [-0.05, 0) is 13.8 Å². The smallest absolute Gasteiger partial charge is 0.219 e. The molecule has 0 spiro atoms. The fourth-order valence-corrected chi connectivity index (χ4v) is 2.88. The van der Waals surface area contributed by atoms with Crippen LogP contribution in [0, 0.1) is 0 Å². The minimum atomic E-state index is 0.0410. The Labute approximate surface area is 147 Å². The van der Waals surface area contributed by atoms with E-state index in [-0.39, 0.29) is 11.9 Å². The molecule has 0 aromatic carbocycles. The molecular weight excluding hydrogens is 324 g/mol. The van der Waals surface area contributed by atoms with E-state index in [0.717, 1.165) is 22.0 Å². The van der Waals surface area contributed by atoms with Crippen LogP contribution >= 0.6 is 11.8 Å². The molecule has 2 aromatic rings. The molecule has 0 atom stereocenters. The zero-order chi connectivity index (χ0) is 17.7. The summed E-state index contributed by atoms with van der Waals surface area (Å²) in [5, 5.41) is 12.7. The van der Waals surface area contributed by atoms with E-state index in [0.29, 0.717) is 24.8 Å². The third-order valence-corrected chi connectivity index (χ3v) is 4.07. The predicted molar refractivity (Wildman–Crippen MR) is 98.4 cm³/mol. The summed E-state index contributed by atoms with van der Waals surface area (Å²) in [5.74, 6) is 0.848. The van der Waals surface area contributed by atoms with Gasteiger partial charge in [-0.25, -0.2) is 14.6 Å². The molecule has 0 saturated heterocycles. The molecule has 24 heavy (non-hydrogen) atoms. The Morgan fingerprint density at radius 1 is 1.29 bits per heavy atom. The number of nitrogens with one attached hydrogen (secondary N) is 2. The van der Waals surface area contributed by atoms with Crippen LogP contribution < -0.4 is 10.6 Å². The van der Waals surface area contributed by atoms with Crippen molar-refractivity contribution in [3.63, 3.8) is 0 Å². The van der Waals surface area contributed by atoms with Crippen LogP contribution in [0.15, 0.2) is 11.4 Å². The molecule has 2 heterocycles. The van der Waals surface area contributed by atoms with E-state index in [1.807, 2.05) is 11.6 Å². The molecular formula is C16H26N6OS. The second-order valence-electron chi connectivity index (χ2n) is 6.13. The fourth-order valence-electron chi connectivity index (χ4n) is 2.17. The highest BCUT2D eigenvalue weighted by molar-refractivity contribution is 7.99. The zero-order valence-corrected chi connectivity index (χ0v) is 15.8. The van der Waals surface area contributed by atoms with Crippen LogP contribution in [0.2, 0.25) is 0 Å². The quantitative estimate of drug-likeness (QED) is 0.562. The van der Waals surface area contributed by atoms with Crippen molar-refractivity contribution in [3.8, 4) is 0 Å². The molecule has 8 heteroatoms. The van der Waals surface area contributed by atoms with Gasteiger partial charge in [0.05, 0.1) is 18.1 Å². The first kappa shape index (κ1) is 18.5. The normalized spacial score (nSPS) is 11.5. The molecule has 0 aliphatic carbocycles. The molecule has 7 nitrogen and oxygen atoms in total. The van der Waals surface area contributed by atoms with Crippen LogP contribution in [-0.2, 0) is 11.3 Å². The van der Waals surface area contributed by atoms with Crippen LogP contribution in [0.25, 0.3) is 11.0 Å². The van der Waals surface area contributed by atoms with Crippen molar-refractivity contribution < 1.29 is 4.79 Å². The molecule has 0 aliphatic rings. The summed E-state index contributed by atoms with van der Waals surface area (Å²) < 4.78 is 1.82. The molecule has 132 valence electrons. The lowest BCUT2D eigenvalue weighted by molar-refractivity contribution is -0.120. The summed E-state index contributed by atoms with van der Waals surface area (Å²) in [7, 11) is 0. The first-order chi connectivity index (χ1) is 11.4. The van der Waals surface area contributed by atoms with Crippen LogP contribution in [-0.4, -0.2) is 43.5 Å².